The maximum atomic E-state index is 12.7. The Balaban J connectivity index is 1.49. The fourth-order valence-electron chi connectivity index (χ4n) is 2.37. The summed E-state index contributed by atoms with van der Waals surface area (Å²) < 4.78 is 45.0. The number of aryl methyl sites for hydroxylation is 1. The van der Waals surface area contributed by atoms with Gasteiger partial charge in [0.05, 0.1) is 17.8 Å². The Labute approximate surface area is 169 Å². The maximum Gasteiger partial charge on any atom is 0.416 e. The topological polar surface area (TPSA) is 56.2 Å². The fourth-order valence-corrected chi connectivity index (χ4v) is 3.32. The average Bonchev–Trinajstić information content (AvgIpc) is 3.33. The van der Waals surface area contributed by atoms with Crippen LogP contribution < -0.4 is 10.1 Å². The highest BCUT2D eigenvalue weighted by molar-refractivity contribution is 7.16. The Hall–Kier alpha value is -3.25. The molecule has 3 aromatic rings. The summed E-state index contributed by atoms with van der Waals surface area (Å²) in [7, 11) is 0. The van der Waals surface area contributed by atoms with Gasteiger partial charge in [-0.15, -0.1) is 0 Å². The number of benzene rings is 1. The fraction of sp³-hybridized carbons (Fsp3) is 0.200. The molecule has 3 rings (SSSR count). The summed E-state index contributed by atoms with van der Waals surface area (Å²) in [5.74, 6) is 5.16. The molecule has 29 heavy (non-hydrogen) atoms. The van der Waals surface area contributed by atoms with Crippen molar-refractivity contribution in [1.29, 1.82) is 0 Å². The molecular weight excluding hydrogens is 403 g/mol. The zero-order valence-corrected chi connectivity index (χ0v) is 16.1. The van der Waals surface area contributed by atoms with Crippen LogP contribution in [-0.4, -0.2) is 28.6 Å². The number of amides is 1. The normalized spacial score (nSPS) is 10.9. The lowest BCUT2D eigenvalue weighted by molar-refractivity contribution is -0.137. The van der Waals surface area contributed by atoms with Gasteiger partial charge < -0.3 is 14.6 Å². The van der Waals surface area contributed by atoms with E-state index < -0.39 is 11.7 Å². The van der Waals surface area contributed by atoms with Gasteiger partial charge in [0.1, 0.15) is 17.2 Å². The molecule has 0 unspecified atom stereocenters. The average molecular weight is 419 g/mol. The molecular formula is C20H16F3N3O2S. The number of alkyl halides is 3. The molecule has 0 fully saturated rings. The molecule has 1 aromatic carbocycles. The molecule has 0 aliphatic heterocycles. The van der Waals surface area contributed by atoms with Crippen molar-refractivity contribution in [1.82, 2.24) is 14.9 Å². The molecule has 1 amide bonds. The number of aromatic nitrogens is 2. The summed E-state index contributed by atoms with van der Waals surface area (Å²) in [6, 6.07) is 8.31. The number of carbonyl (C=O) groups is 1. The first-order valence-corrected chi connectivity index (χ1v) is 9.31. The Morgan fingerprint density at radius 3 is 2.72 bits per heavy atom. The van der Waals surface area contributed by atoms with Gasteiger partial charge in [0, 0.05) is 12.4 Å². The molecule has 2 aromatic heterocycles. The van der Waals surface area contributed by atoms with Crippen LogP contribution in [0.4, 0.5) is 13.2 Å². The minimum atomic E-state index is -4.43. The van der Waals surface area contributed by atoms with Crippen molar-refractivity contribution in [2.75, 3.05) is 13.2 Å². The molecule has 1 N–H and O–H groups in total. The first-order chi connectivity index (χ1) is 13.8. The van der Waals surface area contributed by atoms with E-state index >= 15 is 0 Å². The zero-order valence-electron chi connectivity index (χ0n) is 15.3. The molecule has 0 spiro atoms. The van der Waals surface area contributed by atoms with E-state index in [2.05, 4.69) is 22.1 Å². The Morgan fingerprint density at radius 2 is 2.00 bits per heavy atom. The molecule has 150 valence electrons. The minimum Gasteiger partial charge on any atom is -0.481 e. The third kappa shape index (κ3) is 5.39. The molecule has 0 radical (unpaired) electrons. The lowest BCUT2D eigenvalue weighted by atomic mass is 10.2. The third-order valence-corrected chi connectivity index (χ3v) is 4.92. The maximum absolute atomic E-state index is 12.7. The molecule has 0 atom stereocenters. The third-order valence-electron chi connectivity index (χ3n) is 3.75. The van der Waals surface area contributed by atoms with Crippen LogP contribution in [0.25, 0.3) is 5.13 Å². The van der Waals surface area contributed by atoms with Crippen LogP contribution >= 0.6 is 11.3 Å². The van der Waals surface area contributed by atoms with Gasteiger partial charge in [0.25, 0.3) is 5.91 Å². The first kappa shape index (κ1) is 20.5. The SMILES string of the molecule is Cc1nc(-n2cccc2)sc1C(=O)NCC#CCOc1cccc(C(F)(F)F)c1. The van der Waals surface area contributed by atoms with E-state index in [1.165, 1.54) is 23.5 Å². The van der Waals surface area contributed by atoms with Crippen LogP contribution in [-0.2, 0) is 6.18 Å². The molecule has 0 bridgehead atoms. The van der Waals surface area contributed by atoms with Crippen molar-refractivity contribution >= 4 is 17.2 Å². The number of thiazole rings is 1. The quantitative estimate of drug-likeness (QED) is 0.635. The summed E-state index contributed by atoms with van der Waals surface area (Å²) in [5, 5.41) is 3.36. The van der Waals surface area contributed by atoms with Crippen molar-refractivity contribution in [3.05, 3.63) is 64.9 Å². The van der Waals surface area contributed by atoms with E-state index in [-0.39, 0.29) is 24.8 Å². The Morgan fingerprint density at radius 1 is 1.24 bits per heavy atom. The molecule has 2 heterocycles. The highest BCUT2D eigenvalue weighted by Crippen LogP contribution is 2.31. The highest BCUT2D eigenvalue weighted by Gasteiger charge is 2.30. The Bertz CT molecular complexity index is 1050. The first-order valence-electron chi connectivity index (χ1n) is 8.49. The van der Waals surface area contributed by atoms with Gasteiger partial charge in [0.2, 0.25) is 0 Å². The van der Waals surface area contributed by atoms with E-state index in [1.54, 1.807) is 6.92 Å². The minimum absolute atomic E-state index is 0.0796. The number of nitrogens with one attached hydrogen (secondary N) is 1. The Kier molecular flexibility index (Phi) is 6.24. The second-order valence-electron chi connectivity index (χ2n) is 5.85. The standard InChI is InChI=1S/C20H16F3N3O2S/c1-14-17(29-19(25-14)26-10-3-4-11-26)18(27)24-9-2-5-12-28-16-8-6-7-15(13-16)20(21,22)23/h3-4,6-8,10-11,13H,9,12H2,1H3,(H,24,27). The van der Waals surface area contributed by atoms with Gasteiger partial charge in [-0.2, -0.15) is 13.2 Å². The summed E-state index contributed by atoms with van der Waals surface area (Å²) in [5.41, 5.74) is -0.161. The second-order valence-corrected chi connectivity index (χ2v) is 6.83. The summed E-state index contributed by atoms with van der Waals surface area (Å²) in [4.78, 5) is 17.1. The van der Waals surface area contributed by atoms with E-state index in [4.69, 9.17) is 4.74 Å². The monoisotopic (exact) mass is 419 g/mol. The van der Waals surface area contributed by atoms with E-state index in [9.17, 15) is 18.0 Å². The van der Waals surface area contributed by atoms with Gasteiger partial charge in [-0.25, -0.2) is 4.98 Å². The van der Waals surface area contributed by atoms with E-state index in [0.29, 0.717) is 15.7 Å². The lowest BCUT2D eigenvalue weighted by Crippen LogP contribution is -2.23. The van der Waals surface area contributed by atoms with Crippen LogP contribution in [0.2, 0.25) is 0 Å². The van der Waals surface area contributed by atoms with Crippen LogP contribution in [0.3, 0.4) is 0 Å². The number of hydrogen-bond acceptors (Lipinski definition) is 4. The van der Waals surface area contributed by atoms with Crippen LogP contribution in [0, 0.1) is 18.8 Å². The van der Waals surface area contributed by atoms with Gasteiger partial charge >= 0.3 is 6.18 Å². The molecule has 0 saturated carbocycles. The summed E-state index contributed by atoms with van der Waals surface area (Å²) in [6.45, 7) is 1.75. The van der Waals surface area contributed by atoms with E-state index in [0.717, 1.165) is 12.1 Å². The summed E-state index contributed by atoms with van der Waals surface area (Å²) in [6.07, 6.45) is -0.739. The van der Waals surface area contributed by atoms with Crippen molar-refractivity contribution in [2.45, 2.75) is 13.1 Å². The van der Waals surface area contributed by atoms with Crippen LogP contribution in [0.15, 0.2) is 48.8 Å². The van der Waals surface area contributed by atoms with Gasteiger partial charge in [-0.05, 0) is 37.3 Å². The predicted molar refractivity (Wildman–Crippen MR) is 103 cm³/mol. The smallest absolute Gasteiger partial charge is 0.416 e. The predicted octanol–water partition coefficient (Wildman–Crippen LogP) is 4.07. The highest BCUT2D eigenvalue weighted by atomic mass is 32.1. The van der Waals surface area contributed by atoms with Crippen molar-refractivity contribution in [3.8, 4) is 22.7 Å². The van der Waals surface area contributed by atoms with Crippen LogP contribution in [0.5, 0.6) is 5.75 Å². The lowest BCUT2D eigenvalue weighted by Gasteiger charge is -2.08. The number of halogens is 3. The number of rotatable bonds is 5. The number of ether oxygens (including phenoxy) is 1. The molecule has 5 nitrogen and oxygen atoms in total. The van der Waals surface area contributed by atoms with Gasteiger partial charge in [0.15, 0.2) is 5.13 Å². The largest absolute Gasteiger partial charge is 0.481 e. The second kappa shape index (κ2) is 8.84. The number of nitrogens with zero attached hydrogens (tertiary/aromatic N) is 2. The molecule has 9 heteroatoms. The summed E-state index contributed by atoms with van der Waals surface area (Å²) >= 11 is 1.27. The van der Waals surface area contributed by atoms with E-state index in [1.807, 2.05) is 29.1 Å². The molecule has 0 aliphatic carbocycles. The number of carbonyl (C=O) groups excluding carboxylic acids is 1. The van der Waals surface area contributed by atoms with Crippen LogP contribution in [0.1, 0.15) is 20.9 Å². The van der Waals surface area contributed by atoms with Gasteiger partial charge in [-0.1, -0.05) is 29.2 Å². The number of hydrogen-bond donors (Lipinski definition) is 1. The van der Waals surface area contributed by atoms with Crippen molar-refractivity contribution in [2.24, 2.45) is 0 Å². The van der Waals surface area contributed by atoms with Gasteiger partial charge in [-0.3, -0.25) is 4.79 Å². The molecule has 0 saturated heterocycles. The van der Waals surface area contributed by atoms with Crippen molar-refractivity contribution in [3.63, 3.8) is 0 Å². The molecule has 0 aliphatic rings. The zero-order chi connectivity index (χ0) is 20.9. The van der Waals surface area contributed by atoms with Crippen molar-refractivity contribution < 1.29 is 22.7 Å².